The van der Waals surface area contributed by atoms with Gasteiger partial charge in [0.15, 0.2) is 0 Å². The molecule has 1 unspecified atom stereocenters. The van der Waals surface area contributed by atoms with Gasteiger partial charge in [-0.2, -0.15) is 0 Å². The average molecular weight is 155 g/mol. The number of rotatable bonds is 3. The Labute approximate surface area is 68.2 Å². The normalized spacial score (nSPS) is 26.1. The van der Waals surface area contributed by atoms with Crippen LogP contribution in [0.5, 0.6) is 0 Å². The Morgan fingerprint density at radius 2 is 2.36 bits per heavy atom. The summed E-state index contributed by atoms with van der Waals surface area (Å²) in [5.41, 5.74) is 0. The summed E-state index contributed by atoms with van der Waals surface area (Å²) in [4.78, 5) is 0. The fourth-order valence-electron chi connectivity index (χ4n) is 1.10. The van der Waals surface area contributed by atoms with Gasteiger partial charge in [-0.3, -0.25) is 0 Å². The molecule has 1 aliphatic rings. The van der Waals surface area contributed by atoms with Gasteiger partial charge in [0.1, 0.15) is 0 Å². The second-order valence-corrected chi connectivity index (χ2v) is 2.62. The summed E-state index contributed by atoms with van der Waals surface area (Å²) in [6.45, 7) is 5.87. The van der Waals surface area contributed by atoms with Crippen LogP contribution in [0.2, 0.25) is 0 Å². The van der Waals surface area contributed by atoms with Crippen molar-refractivity contribution >= 4 is 0 Å². The third kappa shape index (κ3) is 3.54. The first-order valence-electron chi connectivity index (χ1n) is 4.07. The Bertz CT molecular complexity index is 115. The van der Waals surface area contributed by atoms with Gasteiger partial charge < -0.3 is 9.47 Å². The molecule has 1 heterocycles. The summed E-state index contributed by atoms with van der Waals surface area (Å²) in [6.07, 6.45) is 6.27. The zero-order valence-corrected chi connectivity index (χ0v) is 6.79. The van der Waals surface area contributed by atoms with E-state index in [9.17, 15) is 0 Å². The lowest BCUT2D eigenvalue weighted by atomic mass is 10.2. The molecule has 0 amide bonds. The molecule has 1 atom stereocenters. The highest BCUT2D eigenvalue weighted by Crippen LogP contribution is 2.07. The van der Waals surface area contributed by atoms with Crippen molar-refractivity contribution in [1.29, 1.82) is 0 Å². The lowest BCUT2D eigenvalue weighted by Gasteiger charge is -2.22. The SMILES string of the molecule is [CH2]C=CCCC1COCCO1. The molecule has 2 heteroatoms. The predicted octanol–water partition coefficient (Wildman–Crippen LogP) is 1.57. The lowest BCUT2D eigenvalue weighted by Crippen LogP contribution is -2.28. The predicted molar refractivity (Wildman–Crippen MR) is 44.3 cm³/mol. The second kappa shape index (κ2) is 5.33. The van der Waals surface area contributed by atoms with E-state index in [1.165, 1.54) is 0 Å². The van der Waals surface area contributed by atoms with Gasteiger partial charge in [0, 0.05) is 0 Å². The van der Waals surface area contributed by atoms with E-state index in [1.807, 2.05) is 6.08 Å². The smallest absolute Gasteiger partial charge is 0.0812 e. The highest BCUT2D eigenvalue weighted by atomic mass is 16.6. The summed E-state index contributed by atoms with van der Waals surface area (Å²) in [7, 11) is 0. The van der Waals surface area contributed by atoms with Crippen LogP contribution in [0, 0.1) is 6.92 Å². The summed E-state index contributed by atoms with van der Waals surface area (Å²) >= 11 is 0. The number of hydrogen-bond acceptors (Lipinski definition) is 2. The van der Waals surface area contributed by atoms with Gasteiger partial charge in [0.25, 0.3) is 0 Å². The standard InChI is InChI=1S/C9H15O2/c1-2-3-4-5-9-8-10-6-7-11-9/h2-3,9H,1,4-8H2. The van der Waals surface area contributed by atoms with Crippen LogP contribution in [-0.4, -0.2) is 25.9 Å². The van der Waals surface area contributed by atoms with Gasteiger partial charge in [-0.1, -0.05) is 12.2 Å². The molecular formula is C9H15O2. The van der Waals surface area contributed by atoms with E-state index >= 15 is 0 Å². The fourth-order valence-corrected chi connectivity index (χ4v) is 1.10. The summed E-state index contributed by atoms with van der Waals surface area (Å²) in [6, 6.07) is 0. The van der Waals surface area contributed by atoms with Crippen LogP contribution >= 0.6 is 0 Å². The summed E-state index contributed by atoms with van der Waals surface area (Å²) in [5.74, 6) is 0. The molecule has 1 saturated heterocycles. The Hall–Kier alpha value is -0.340. The van der Waals surface area contributed by atoms with E-state index in [4.69, 9.17) is 9.47 Å². The van der Waals surface area contributed by atoms with Crippen LogP contribution in [0.15, 0.2) is 12.2 Å². The van der Waals surface area contributed by atoms with Crippen molar-refractivity contribution in [3.05, 3.63) is 19.1 Å². The van der Waals surface area contributed by atoms with Crippen LogP contribution in [-0.2, 0) is 9.47 Å². The van der Waals surface area contributed by atoms with Crippen molar-refractivity contribution in [3.8, 4) is 0 Å². The number of allylic oxidation sites excluding steroid dienone is 2. The highest BCUT2D eigenvalue weighted by molar-refractivity contribution is 4.84. The van der Waals surface area contributed by atoms with Crippen LogP contribution < -0.4 is 0 Å². The van der Waals surface area contributed by atoms with E-state index in [0.717, 1.165) is 32.7 Å². The molecule has 1 rings (SSSR count). The lowest BCUT2D eigenvalue weighted by molar-refractivity contribution is -0.0901. The molecule has 0 aromatic carbocycles. The minimum absolute atomic E-state index is 0.306. The molecule has 2 nitrogen and oxygen atoms in total. The first-order valence-corrected chi connectivity index (χ1v) is 4.07. The van der Waals surface area contributed by atoms with Gasteiger partial charge >= 0.3 is 0 Å². The van der Waals surface area contributed by atoms with E-state index in [1.54, 1.807) is 0 Å². The molecule has 1 fully saturated rings. The third-order valence-corrected chi connectivity index (χ3v) is 1.71. The maximum Gasteiger partial charge on any atom is 0.0812 e. The molecule has 0 saturated carbocycles. The zero-order chi connectivity index (χ0) is 7.94. The minimum Gasteiger partial charge on any atom is -0.376 e. The first-order chi connectivity index (χ1) is 5.43. The van der Waals surface area contributed by atoms with Gasteiger partial charge in [0.05, 0.1) is 25.9 Å². The average Bonchev–Trinajstić information content (AvgIpc) is 2.07. The first kappa shape index (κ1) is 8.75. The number of hydrogen-bond donors (Lipinski definition) is 0. The third-order valence-electron chi connectivity index (χ3n) is 1.71. The van der Waals surface area contributed by atoms with Crippen LogP contribution in [0.3, 0.4) is 0 Å². The van der Waals surface area contributed by atoms with Crippen molar-refractivity contribution in [3.63, 3.8) is 0 Å². The van der Waals surface area contributed by atoms with Crippen molar-refractivity contribution in [2.24, 2.45) is 0 Å². The summed E-state index contributed by atoms with van der Waals surface area (Å²) in [5, 5.41) is 0. The maximum atomic E-state index is 5.45. The Morgan fingerprint density at radius 3 is 3.00 bits per heavy atom. The van der Waals surface area contributed by atoms with Gasteiger partial charge in [-0.15, -0.1) is 0 Å². The Kier molecular flexibility index (Phi) is 4.24. The zero-order valence-electron chi connectivity index (χ0n) is 6.79. The maximum absolute atomic E-state index is 5.45. The molecule has 0 aromatic heterocycles. The number of ether oxygens (including phenoxy) is 2. The molecule has 0 spiro atoms. The van der Waals surface area contributed by atoms with E-state index < -0.39 is 0 Å². The van der Waals surface area contributed by atoms with Crippen LogP contribution in [0.25, 0.3) is 0 Å². The van der Waals surface area contributed by atoms with E-state index in [2.05, 4.69) is 13.0 Å². The summed E-state index contributed by atoms with van der Waals surface area (Å²) < 4.78 is 10.7. The molecule has 63 valence electrons. The van der Waals surface area contributed by atoms with Crippen LogP contribution in [0.1, 0.15) is 12.8 Å². The molecule has 0 N–H and O–H groups in total. The van der Waals surface area contributed by atoms with E-state index in [0.29, 0.717) is 6.10 Å². The van der Waals surface area contributed by atoms with Crippen molar-refractivity contribution in [1.82, 2.24) is 0 Å². The minimum atomic E-state index is 0.306. The van der Waals surface area contributed by atoms with Gasteiger partial charge in [0.2, 0.25) is 0 Å². The van der Waals surface area contributed by atoms with Crippen molar-refractivity contribution in [2.45, 2.75) is 18.9 Å². The Balaban J connectivity index is 2.04. The largest absolute Gasteiger partial charge is 0.376 e. The molecule has 0 aromatic rings. The highest BCUT2D eigenvalue weighted by Gasteiger charge is 2.12. The topological polar surface area (TPSA) is 18.5 Å². The monoisotopic (exact) mass is 155 g/mol. The van der Waals surface area contributed by atoms with Gasteiger partial charge in [-0.25, -0.2) is 0 Å². The Morgan fingerprint density at radius 1 is 1.45 bits per heavy atom. The van der Waals surface area contributed by atoms with Crippen molar-refractivity contribution in [2.75, 3.05) is 19.8 Å². The molecule has 0 aliphatic carbocycles. The second-order valence-electron chi connectivity index (χ2n) is 2.62. The fraction of sp³-hybridized carbons (Fsp3) is 0.667. The van der Waals surface area contributed by atoms with Crippen molar-refractivity contribution < 1.29 is 9.47 Å². The van der Waals surface area contributed by atoms with Crippen LogP contribution in [0.4, 0.5) is 0 Å². The molecule has 11 heavy (non-hydrogen) atoms. The molecule has 0 bridgehead atoms. The molecule has 1 aliphatic heterocycles. The van der Waals surface area contributed by atoms with Gasteiger partial charge in [-0.05, 0) is 19.8 Å². The van der Waals surface area contributed by atoms with E-state index in [-0.39, 0.29) is 0 Å². The molecule has 1 radical (unpaired) electrons. The molecular weight excluding hydrogens is 140 g/mol. The quantitative estimate of drug-likeness (QED) is 0.616.